The lowest BCUT2D eigenvalue weighted by molar-refractivity contribution is 0.667. The largest absolute Gasteiger partial charge is 0.455 e. The minimum absolute atomic E-state index is 0.885. The first kappa shape index (κ1) is 25.2. The Kier molecular flexibility index (Phi) is 5.29. The van der Waals surface area contributed by atoms with Gasteiger partial charge in [0.05, 0.1) is 3.57 Å². The van der Waals surface area contributed by atoms with Gasteiger partial charge in [0.25, 0.3) is 0 Å². The van der Waals surface area contributed by atoms with Crippen LogP contribution >= 0.6 is 22.6 Å². The SMILES string of the molecule is Ic1cc2cc(-c3c4ccccc4c(-c4ccccc4)c4ccccc34)c3oc4ccccc4c3c2c2c1oc1ccccc12. The molecule has 2 nitrogen and oxygen atoms in total. The van der Waals surface area contributed by atoms with E-state index >= 15 is 0 Å². The normalized spacial score (nSPS) is 12.1. The van der Waals surface area contributed by atoms with E-state index in [1.807, 2.05) is 6.07 Å². The van der Waals surface area contributed by atoms with E-state index in [1.54, 1.807) is 0 Å². The maximum atomic E-state index is 6.89. The molecule has 0 bridgehead atoms. The molecule has 3 heteroatoms. The van der Waals surface area contributed by atoms with Crippen LogP contribution in [0.15, 0.2) is 148 Å². The molecule has 0 aliphatic rings. The zero-order valence-electron chi connectivity index (χ0n) is 24.0. The molecule has 0 aliphatic heterocycles. The summed E-state index contributed by atoms with van der Waals surface area (Å²) < 4.78 is 14.5. The van der Waals surface area contributed by atoms with Crippen LogP contribution in [0.5, 0.6) is 0 Å². The Bertz CT molecular complexity index is 2760. The Balaban J connectivity index is 1.46. The fourth-order valence-corrected chi connectivity index (χ4v) is 8.20. The van der Waals surface area contributed by atoms with Crippen LogP contribution in [-0.4, -0.2) is 0 Å². The average Bonchev–Trinajstić information content (AvgIpc) is 3.67. The first-order valence-corrected chi connectivity index (χ1v) is 16.2. The lowest BCUT2D eigenvalue weighted by atomic mass is 9.84. The van der Waals surface area contributed by atoms with E-state index in [4.69, 9.17) is 8.83 Å². The van der Waals surface area contributed by atoms with Crippen molar-refractivity contribution >= 4 is 98.8 Å². The van der Waals surface area contributed by atoms with E-state index in [2.05, 4.69) is 156 Å². The van der Waals surface area contributed by atoms with E-state index < -0.39 is 0 Å². The van der Waals surface area contributed by atoms with Crippen molar-refractivity contribution in [2.75, 3.05) is 0 Å². The highest BCUT2D eigenvalue weighted by Gasteiger charge is 2.24. The molecule has 2 heterocycles. The van der Waals surface area contributed by atoms with Gasteiger partial charge in [-0.05, 0) is 84.9 Å². The Hall–Kier alpha value is -5.13. The molecular formula is C42H23IO2. The highest BCUT2D eigenvalue weighted by molar-refractivity contribution is 14.1. The zero-order valence-corrected chi connectivity index (χ0v) is 26.1. The first-order chi connectivity index (χ1) is 22.3. The Morgan fingerprint density at radius 3 is 1.47 bits per heavy atom. The molecule has 0 aliphatic carbocycles. The molecule has 10 aromatic rings. The van der Waals surface area contributed by atoms with Gasteiger partial charge in [-0.1, -0.05) is 115 Å². The Morgan fingerprint density at radius 2 is 0.867 bits per heavy atom. The van der Waals surface area contributed by atoms with Gasteiger partial charge >= 0.3 is 0 Å². The summed E-state index contributed by atoms with van der Waals surface area (Å²) in [4.78, 5) is 0. The third-order valence-corrected chi connectivity index (χ3v) is 10.1. The monoisotopic (exact) mass is 686 g/mol. The fraction of sp³-hybridized carbons (Fsp3) is 0. The predicted molar refractivity (Wildman–Crippen MR) is 197 cm³/mol. The predicted octanol–water partition coefficient (Wildman–Crippen LogP) is 12.9. The second-order valence-corrected chi connectivity index (χ2v) is 12.9. The van der Waals surface area contributed by atoms with Gasteiger partial charge in [-0.15, -0.1) is 0 Å². The lowest BCUT2D eigenvalue weighted by Crippen LogP contribution is -1.92. The number of para-hydroxylation sites is 2. The van der Waals surface area contributed by atoms with Crippen molar-refractivity contribution in [1.82, 2.24) is 0 Å². The number of hydrogen-bond donors (Lipinski definition) is 0. The van der Waals surface area contributed by atoms with E-state index in [0.29, 0.717) is 0 Å². The van der Waals surface area contributed by atoms with Crippen LogP contribution in [0.4, 0.5) is 0 Å². The minimum atomic E-state index is 0.885. The molecule has 0 amide bonds. The summed E-state index contributed by atoms with van der Waals surface area (Å²) in [5.74, 6) is 0. The van der Waals surface area contributed by atoms with Gasteiger partial charge in [0, 0.05) is 38.1 Å². The zero-order chi connectivity index (χ0) is 29.6. The molecule has 8 aromatic carbocycles. The molecule has 2 aromatic heterocycles. The Labute approximate surface area is 271 Å². The summed E-state index contributed by atoms with van der Waals surface area (Å²) in [6.45, 7) is 0. The van der Waals surface area contributed by atoms with Crippen molar-refractivity contribution in [3.8, 4) is 22.3 Å². The molecule has 0 N–H and O–H groups in total. The van der Waals surface area contributed by atoms with Gasteiger partial charge in [0.2, 0.25) is 0 Å². The van der Waals surface area contributed by atoms with Crippen LogP contribution in [0.2, 0.25) is 0 Å². The number of hydrogen-bond acceptors (Lipinski definition) is 2. The second-order valence-electron chi connectivity index (χ2n) is 11.7. The van der Waals surface area contributed by atoms with Crippen LogP contribution in [0.3, 0.4) is 0 Å². The van der Waals surface area contributed by atoms with Crippen molar-refractivity contribution in [2.24, 2.45) is 0 Å². The standard InChI is InChI=1S/C42H23IO2/c43-33-23-25-22-32(38-28-16-6-4-14-26(28)36(24-12-2-1-3-13-24)27-15-5-7-17-29(27)38)41-39(30-18-8-10-20-34(30)44-41)37(25)40-31-19-9-11-21-35(31)45-42(33)40/h1-23H. The highest BCUT2D eigenvalue weighted by atomic mass is 127. The molecule has 0 spiro atoms. The molecule has 0 atom stereocenters. The molecule has 10 rings (SSSR count). The number of rotatable bonds is 2. The maximum absolute atomic E-state index is 6.89. The van der Waals surface area contributed by atoms with E-state index in [1.165, 1.54) is 49.0 Å². The van der Waals surface area contributed by atoms with Gasteiger partial charge in [-0.25, -0.2) is 0 Å². The molecule has 0 radical (unpaired) electrons. The molecule has 0 unspecified atom stereocenters. The van der Waals surface area contributed by atoms with Crippen LogP contribution in [-0.2, 0) is 0 Å². The van der Waals surface area contributed by atoms with Crippen molar-refractivity contribution in [2.45, 2.75) is 0 Å². The molecular weight excluding hydrogens is 663 g/mol. The number of halogens is 1. The third kappa shape index (κ3) is 3.50. The number of furan rings is 2. The van der Waals surface area contributed by atoms with Crippen LogP contribution < -0.4 is 0 Å². The maximum Gasteiger partial charge on any atom is 0.149 e. The van der Waals surface area contributed by atoms with Gasteiger partial charge in [-0.2, -0.15) is 0 Å². The summed E-state index contributed by atoms with van der Waals surface area (Å²) in [5.41, 5.74) is 8.38. The van der Waals surface area contributed by atoms with E-state index in [-0.39, 0.29) is 0 Å². The number of benzene rings is 8. The van der Waals surface area contributed by atoms with Crippen molar-refractivity contribution in [1.29, 1.82) is 0 Å². The van der Waals surface area contributed by atoms with Crippen LogP contribution in [0.1, 0.15) is 0 Å². The minimum Gasteiger partial charge on any atom is -0.455 e. The van der Waals surface area contributed by atoms with Crippen molar-refractivity contribution in [3.63, 3.8) is 0 Å². The highest BCUT2D eigenvalue weighted by Crippen LogP contribution is 2.50. The van der Waals surface area contributed by atoms with E-state index in [9.17, 15) is 0 Å². The molecule has 0 saturated heterocycles. The summed E-state index contributed by atoms with van der Waals surface area (Å²) in [6.07, 6.45) is 0. The van der Waals surface area contributed by atoms with Crippen LogP contribution in [0, 0.1) is 3.57 Å². The fourth-order valence-electron chi connectivity index (χ4n) is 7.49. The Morgan fingerprint density at radius 1 is 0.400 bits per heavy atom. The smallest absolute Gasteiger partial charge is 0.149 e. The lowest BCUT2D eigenvalue weighted by Gasteiger charge is -2.18. The molecule has 45 heavy (non-hydrogen) atoms. The van der Waals surface area contributed by atoms with E-state index in [0.717, 1.165) is 53.0 Å². The quantitative estimate of drug-likeness (QED) is 0.134. The molecule has 0 saturated carbocycles. The molecule has 0 fully saturated rings. The third-order valence-electron chi connectivity index (χ3n) is 9.29. The van der Waals surface area contributed by atoms with Gasteiger partial charge in [-0.3, -0.25) is 0 Å². The summed E-state index contributed by atoms with van der Waals surface area (Å²) in [7, 11) is 0. The summed E-state index contributed by atoms with van der Waals surface area (Å²) >= 11 is 2.43. The summed E-state index contributed by atoms with van der Waals surface area (Å²) in [5, 5.41) is 11.7. The van der Waals surface area contributed by atoms with Crippen molar-refractivity contribution < 1.29 is 8.83 Å². The average molecular weight is 687 g/mol. The second kappa shape index (κ2) is 9.43. The first-order valence-electron chi connectivity index (χ1n) is 15.1. The molecule has 210 valence electrons. The summed E-state index contributed by atoms with van der Waals surface area (Å²) in [6, 6.07) is 49.8. The van der Waals surface area contributed by atoms with Crippen molar-refractivity contribution in [3.05, 3.63) is 143 Å². The van der Waals surface area contributed by atoms with Gasteiger partial charge in [0.15, 0.2) is 0 Å². The van der Waals surface area contributed by atoms with Gasteiger partial charge < -0.3 is 8.83 Å². The topological polar surface area (TPSA) is 26.3 Å². The van der Waals surface area contributed by atoms with Gasteiger partial charge in [0.1, 0.15) is 22.3 Å². The number of fused-ring (bicyclic) bond motifs is 11. The van der Waals surface area contributed by atoms with Crippen LogP contribution in [0.25, 0.3) is 98.4 Å².